The number of ketones is 1. The topological polar surface area (TPSA) is 76.5 Å². The highest BCUT2D eigenvalue weighted by atomic mass is 35.5. The first kappa shape index (κ1) is 17.9. The largest absolute Gasteiger partial charge is 0.506 e. The fourth-order valence-corrected chi connectivity index (χ4v) is 2.28. The van der Waals surface area contributed by atoms with Crippen LogP contribution in [0, 0.1) is 5.82 Å². The van der Waals surface area contributed by atoms with E-state index < -0.39 is 17.6 Å². The summed E-state index contributed by atoms with van der Waals surface area (Å²) in [5.74, 6) is -1.84. The minimum Gasteiger partial charge on any atom is -0.506 e. The molecule has 7 heteroatoms. The van der Waals surface area contributed by atoms with Crippen molar-refractivity contribution in [2.45, 2.75) is 19.8 Å². The Morgan fingerprint density at radius 3 is 2.71 bits per heavy atom. The van der Waals surface area contributed by atoms with E-state index in [-0.39, 0.29) is 41.6 Å². The van der Waals surface area contributed by atoms with E-state index in [2.05, 4.69) is 4.98 Å². The van der Waals surface area contributed by atoms with Crippen molar-refractivity contribution < 1.29 is 23.8 Å². The molecular weight excluding hydrogens is 337 g/mol. The molecule has 0 radical (unpaired) electrons. The molecule has 0 saturated carbocycles. The molecule has 1 aromatic carbocycles. The van der Waals surface area contributed by atoms with Gasteiger partial charge in [0.2, 0.25) is 0 Å². The van der Waals surface area contributed by atoms with E-state index >= 15 is 0 Å². The lowest BCUT2D eigenvalue weighted by molar-refractivity contribution is -0.143. The molecule has 1 heterocycles. The summed E-state index contributed by atoms with van der Waals surface area (Å²) in [7, 11) is 0. The molecule has 0 spiro atoms. The van der Waals surface area contributed by atoms with Crippen molar-refractivity contribution in [1.82, 2.24) is 4.98 Å². The molecular formula is C17H15ClFNO4. The fourth-order valence-electron chi connectivity index (χ4n) is 2.07. The molecule has 0 aliphatic rings. The Bertz CT molecular complexity index is 779. The zero-order valence-electron chi connectivity index (χ0n) is 12.9. The van der Waals surface area contributed by atoms with Crippen LogP contribution in [0.15, 0.2) is 30.3 Å². The molecule has 5 nitrogen and oxygen atoms in total. The van der Waals surface area contributed by atoms with E-state index in [0.717, 1.165) is 0 Å². The smallest absolute Gasteiger partial charge is 0.306 e. The summed E-state index contributed by atoms with van der Waals surface area (Å²) in [5, 5.41) is 10.1. The second-order valence-electron chi connectivity index (χ2n) is 4.92. The zero-order valence-corrected chi connectivity index (χ0v) is 13.6. The summed E-state index contributed by atoms with van der Waals surface area (Å²) >= 11 is 6.02. The highest BCUT2D eigenvalue weighted by Crippen LogP contribution is 2.29. The average molecular weight is 352 g/mol. The van der Waals surface area contributed by atoms with E-state index in [4.69, 9.17) is 16.3 Å². The van der Waals surface area contributed by atoms with E-state index in [1.165, 1.54) is 30.3 Å². The van der Waals surface area contributed by atoms with Crippen LogP contribution in [0.2, 0.25) is 5.02 Å². The van der Waals surface area contributed by atoms with Gasteiger partial charge >= 0.3 is 5.97 Å². The summed E-state index contributed by atoms with van der Waals surface area (Å²) in [6.45, 7) is 1.89. The number of halogens is 2. The Hall–Kier alpha value is -2.47. The van der Waals surface area contributed by atoms with E-state index in [1.807, 2.05) is 0 Å². The minimum atomic E-state index is -0.519. The highest BCUT2D eigenvalue weighted by Gasteiger charge is 2.17. The standard InChI is InChI=1S/C17H15ClFNO4/c1-2-24-16(23)8-7-15(22)17-14(21)6-5-13(20-17)11-9-10(19)3-4-12(11)18/h3-6,9,21H,2,7-8H2,1H3. The molecule has 126 valence electrons. The molecule has 2 rings (SSSR count). The number of Topliss-reactive ketones (excluding diaryl/α,β-unsaturated/α-hetero) is 1. The van der Waals surface area contributed by atoms with Crippen molar-refractivity contribution in [2.24, 2.45) is 0 Å². The lowest BCUT2D eigenvalue weighted by atomic mass is 10.1. The van der Waals surface area contributed by atoms with Gasteiger partial charge in [-0.3, -0.25) is 9.59 Å². The third-order valence-corrected chi connectivity index (χ3v) is 3.53. The van der Waals surface area contributed by atoms with E-state index in [0.29, 0.717) is 5.56 Å². The monoisotopic (exact) mass is 351 g/mol. The van der Waals surface area contributed by atoms with Gasteiger partial charge in [-0.15, -0.1) is 0 Å². The number of hydrogen-bond acceptors (Lipinski definition) is 5. The average Bonchev–Trinajstić information content (AvgIpc) is 2.56. The molecule has 0 saturated heterocycles. The van der Waals surface area contributed by atoms with Crippen LogP contribution < -0.4 is 0 Å². The number of benzene rings is 1. The van der Waals surface area contributed by atoms with Crippen LogP contribution in [0.3, 0.4) is 0 Å². The number of carbonyl (C=O) groups is 2. The highest BCUT2D eigenvalue weighted by molar-refractivity contribution is 6.33. The third kappa shape index (κ3) is 4.29. The lowest BCUT2D eigenvalue weighted by Crippen LogP contribution is -2.09. The van der Waals surface area contributed by atoms with Crippen molar-refractivity contribution in [3.8, 4) is 17.0 Å². The number of carbonyl (C=O) groups excluding carboxylic acids is 2. The first-order valence-electron chi connectivity index (χ1n) is 7.26. The van der Waals surface area contributed by atoms with Gasteiger partial charge in [0.05, 0.1) is 23.7 Å². The van der Waals surface area contributed by atoms with Crippen molar-refractivity contribution in [3.05, 3.63) is 46.9 Å². The van der Waals surface area contributed by atoms with Crippen LogP contribution in [-0.2, 0) is 9.53 Å². The number of aromatic nitrogens is 1. The molecule has 0 bridgehead atoms. The van der Waals surface area contributed by atoms with Gasteiger partial charge in [0.25, 0.3) is 0 Å². The number of aromatic hydroxyl groups is 1. The van der Waals surface area contributed by atoms with Gasteiger partial charge in [-0.25, -0.2) is 9.37 Å². The molecule has 24 heavy (non-hydrogen) atoms. The van der Waals surface area contributed by atoms with Crippen LogP contribution >= 0.6 is 11.6 Å². The van der Waals surface area contributed by atoms with Crippen molar-refractivity contribution in [1.29, 1.82) is 0 Å². The van der Waals surface area contributed by atoms with E-state index in [1.54, 1.807) is 6.92 Å². The summed E-state index contributed by atoms with van der Waals surface area (Å²) in [6.07, 6.45) is -0.265. The predicted octanol–water partition coefficient (Wildman–Crippen LogP) is 3.77. The van der Waals surface area contributed by atoms with Gasteiger partial charge in [0, 0.05) is 12.0 Å². The molecule has 0 unspecified atom stereocenters. The minimum absolute atomic E-state index is 0.112. The first-order valence-corrected chi connectivity index (χ1v) is 7.64. The third-order valence-electron chi connectivity index (χ3n) is 3.20. The summed E-state index contributed by atoms with van der Waals surface area (Å²) in [4.78, 5) is 27.6. The summed E-state index contributed by atoms with van der Waals surface area (Å²) in [5.41, 5.74) is 0.352. The van der Waals surface area contributed by atoms with Crippen molar-refractivity contribution in [3.63, 3.8) is 0 Å². The van der Waals surface area contributed by atoms with Gasteiger partial charge < -0.3 is 9.84 Å². The quantitative estimate of drug-likeness (QED) is 0.633. The Kier molecular flexibility index (Phi) is 5.87. The molecule has 1 N–H and O–H groups in total. The molecule has 0 fully saturated rings. The maximum absolute atomic E-state index is 13.4. The summed E-state index contributed by atoms with van der Waals surface area (Å²) in [6, 6.07) is 6.48. The van der Waals surface area contributed by atoms with Gasteiger partial charge in [0.1, 0.15) is 17.3 Å². The molecule has 2 aromatic rings. The van der Waals surface area contributed by atoms with Crippen LogP contribution in [-0.4, -0.2) is 28.4 Å². The normalized spacial score (nSPS) is 10.5. The molecule has 0 aliphatic carbocycles. The maximum Gasteiger partial charge on any atom is 0.306 e. The predicted molar refractivity (Wildman–Crippen MR) is 86.5 cm³/mol. The molecule has 0 atom stereocenters. The number of esters is 1. The first-order chi connectivity index (χ1) is 11.4. The Labute approximate surface area is 143 Å². The zero-order chi connectivity index (χ0) is 17.7. The van der Waals surface area contributed by atoms with Crippen LogP contribution in [0.25, 0.3) is 11.3 Å². The SMILES string of the molecule is CCOC(=O)CCC(=O)c1nc(-c2cc(F)ccc2Cl)ccc1O. The number of rotatable bonds is 6. The van der Waals surface area contributed by atoms with Crippen molar-refractivity contribution in [2.75, 3.05) is 6.61 Å². The molecule has 0 aliphatic heterocycles. The van der Waals surface area contributed by atoms with Gasteiger partial charge in [-0.2, -0.15) is 0 Å². The maximum atomic E-state index is 13.4. The lowest BCUT2D eigenvalue weighted by Gasteiger charge is -2.08. The molecule has 0 amide bonds. The van der Waals surface area contributed by atoms with Crippen LogP contribution in [0.5, 0.6) is 5.75 Å². The van der Waals surface area contributed by atoms with Gasteiger partial charge in [-0.1, -0.05) is 11.6 Å². The van der Waals surface area contributed by atoms with Gasteiger partial charge in [0.15, 0.2) is 5.78 Å². The number of hydrogen-bond donors (Lipinski definition) is 1. The second-order valence-corrected chi connectivity index (χ2v) is 5.32. The number of ether oxygens (including phenoxy) is 1. The molecule has 1 aromatic heterocycles. The number of nitrogens with zero attached hydrogens (tertiary/aromatic N) is 1. The van der Waals surface area contributed by atoms with Gasteiger partial charge in [-0.05, 0) is 37.3 Å². The Balaban J connectivity index is 2.27. The van der Waals surface area contributed by atoms with E-state index in [9.17, 15) is 19.1 Å². The van der Waals surface area contributed by atoms with Crippen LogP contribution in [0.1, 0.15) is 30.3 Å². The summed E-state index contributed by atoms with van der Waals surface area (Å²) < 4.78 is 18.1. The van der Waals surface area contributed by atoms with Crippen LogP contribution in [0.4, 0.5) is 4.39 Å². The number of pyridine rings is 1. The fraction of sp³-hybridized carbons (Fsp3) is 0.235. The second kappa shape index (κ2) is 7.88. The Morgan fingerprint density at radius 2 is 2.00 bits per heavy atom. The van der Waals surface area contributed by atoms with Crippen molar-refractivity contribution >= 4 is 23.4 Å². The Morgan fingerprint density at radius 1 is 1.25 bits per heavy atom.